The average molecular weight is 249 g/mol. The molecule has 0 radical (unpaired) electrons. The van der Waals surface area contributed by atoms with Gasteiger partial charge >= 0.3 is 5.97 Å². The molecule has 0 saturated heterocycles. The molecule has 0 atom stereocenters. The molecule has 2 rings (SSSR count). The number of rotatable bonds is 5. The van der Waals surface area contributed by atoms with Gasteiger partial charge < -0.3 is 5.11 Å². The van der Waals surface area contributed by atoms with Crippen LogP contribution in [0.15, 0.2) is 12.3 Å². The van der Waals surface area contributed by atoms with Crippen molar-refractivity contribution in [3.05, 3.63) is 18.0 Å². The number of carboxylic acids is 1. The van der Waals surface area contributed by atoms with Crippen LogP contribution in [0.4, 0.5) is 0 Å². The van der Waals surface area contributed by atoms with E-state index in [-0.39, 0.29) is 5.69 Å². The number of nitrogens with zero attached hydrogens (tertiary/aromatic N) is 5. The number of unbranched alkanes of at least 4 members (excludes halogenated alkanes) is 1. The van der Waals surface area contributed by atoms with E-state index in [2.05, 4.69) is 22.3 Å². The van der Waals surface area contributed by atoms with Gasteiger partial charge in [0, 0.05) is 19.8 Å². The zero-order valence-electron chi connectivity index (χ0n) is 10.4. The normalized spacial score (nSPS) is 10.8. The second kappa shape index (κ2) is 4.99. The molecule has 0 bridgehead atoms. The summed E-state index contributed by atoms with van der Waals surface area (Å²) in [5.41, 5.74) is 1.18. The van der Waals surface area contributed by atoms with Crippen molar-refractivity contribution in [3.63, 3.8) is 0 Å². The summed E-state index contributed by atoms with van der Waals surface area (Å²) in [6.07, 6.45) is 3.55. The van der Waals surface area contributed by atoms with Crippen LogP contribution in [0.3, 0.4) is 0 Å². The van der Waals surface area contributed by atoms with E-state index in [0.717, 1.165) is 12.8 Å². The van der Waals surface area contributed by atoms with Gasteiger partial charge in [0.2, 0.25) is 0 Å². The van der Waals surface area contributed by atoms with Crippen molar-refractivity contribution in [2.24, 2.45) is 7.05 Å². The molecule has 0 aliphatic heterocycles. The van der Waals surface area contributed by atoms with Crippen molar-refractivity contribution in [3.8, 4) is 11.4 Å². The first kappa shape index (κ1) is 12.3. The monoisotopic (exact) mass is 249 g/mol. The Morgan fingerprint density at radius 1 is 1.50 bits per heavy atom. The number of carbonyl (C=O) groups is 1. The first-order valence-corrected chi connectivity index (χ1v) is 5.80. The summed E-state index contributed by atoms with van der Waals surface area (Å²) in [6, 6.07) is 1.76. The largest absolute Gasteiger partial charge is 0.476 e. The Morgan fingerprint density at radius 2 is 2.28 bits per heavy atom. The van der Waals surface area contributed by atoms with Crippen LogP contribution < -0.4 is 0 Å². The lowest BCUT2D eigenvalue weighted by Crippen LogP contribution is -2.07. The highest BCUT2D eigenvalue weighted by atomic mass is 16.4. The van der Waals surface area contributed by atoms with Crippen LogP contribution in [-0.2, 0) is 13.6 Å². The number of aromatic nitrogens is 5. The van der Waals surface area contributed by atoms with Gasteiger partial charge in [-0.1, -0.05) is 18.6 Å². The summed E-state index contributed by atoms with van der Waals surface area (Å²) in [6.45, 7) is 2.72. The fraction of sp³-hybridized carbons (Fsp3) is 0.455. The topological polar surface area (TPSA) is 85.8 Å². The maximum absolute atomic E-state index is 11.2. The summed E-state index contributed by atoms with van der Waals surface area (Å²) in [7, 11) is 1.76. The minimum absolute atomic E-state index is 0.0327. The Morgan fingerprint density at radius 3 is 2.83 bits per heavy atom. The van der Waals surface area contributed by atoms with Crippen molar-refractivity contribution < 1.29 is 9.90 Å². The molecule has 0 fully saturated rings. The van der Waals surface area contributed by atoms with Crippen LogP contribution in [0.2, 0.25) is 0 Å². The molecule has 2 aromatic heterocycles. The molecule has 0 unspecified atom stereocenters. The van der Waals surface area contributed by atoms with Crippen LogP contribution in [0.25, 0.3) is 11.4 Å². The molecule has 0 aliphatic carbocycles. The maximum Gasteiger partial charge on any atom is 0.358 e. The van der Waals surface area contributed by atoms with E-state index < -0.39 is 5.97 Å². The summed E-state index contributed by atoms with van der Waals surface area (Å²) < 4.78 is 3.25. The number of carboxylic acid groups (broad SMARTS) is 1. The van der Waals surface area contributed by atoms with Crippen LogP contribution in [0.5, 0.6) is 0 Å². The van der Waals surface area contributed by atoms with E-state index in [4.69, 9.17) is 5.11 Å². The second-order valence-electron chi connectivity index (χ2n) is 4.01. The Hall–Kier alpha value is -2.18. The SMILES string of the molecule is CCCCn1nnc(C(=O)O)c1-c1ccnn1C. The molecule has 96 valence electrons. The van der Waals surface area contributed by atoms with Gasteiger partial charge in [0.1, 0.15) is 5.69 Å². The maximum atomic E-state index is 11.2. The Bertz CT molecular complexity index is 558. The molecular formula is C11H15N5O2. The molecule has 0 saturated carbocycles. The third-order valence-electron chi connectivity index (χ3n) is 2.72. The Kier molecular flexibility index (Phi) is 3.40. The summed E-state index contributed by atoms with van der Waals surface area (Å²) in [5, 5.41) is 20.9. The lowest BCUT2D eigenvalue weighted by Gasteiger charge is -2.06. The number of aromatic carboxylic acids is 1. The van der Waals surface area contributed by atoms with Crippen molar-refractivity contribution in [2.45, 2.75) is 26.3 Å². The Balaban J connectivity index is 2.50. The Labute approximate surface area is 104 Å². The molecule has 0 aromatic carbocycles. The molecule has 0 amide bonds. The highest BCUT2D eigenvalue weighted by molar-refractivity contribution is 5.92. The fourth-order valence-electron chi connectivity index (χ4n) is 1.78. The van der Waals surface area contributed by atoms with Gasteiger partial charge in [-0.3, -0.25) is 4.68 Å². The second-order valence-corrected chi connectivity index (χ2v) is 4.01. The molecular weight excluding hydrogens is 234 g/mol. The predicted octanol–water partition coefficient (Wildman–Crippen LogP) is 1.18. The van der Waals surface area contributed by atoms with Crippen LogP contribution >= 0.6 is 0 Å². The number of hydrogen-bond donors (Lipinski definition) is 1. The standard InChI is InChI=1S/C11H15N5O2/c1-3-4-7-16-10(8-5-6-12-15(8)2)9(11(17)18)13-14-16/h5-6H,3-4,7H2,1-2H3,(H,17,18). The van der Waals surface area contributed by atoms with E-state index in [1.54, 1.807) is 28.7 Å². The van der Waals surface area contributed by atoms with Gasteiger partial charge in [0.05, 0.1) is 5.69 Å². The van der Waals surface area contributed by atoms with Crippen molar-refractivity contribution >= 4 is 5.97 Å². The van der Waals surface area contributed by atoms with E-state index in [1.807, 2.05) is 0 Å². The third kappa shape index (κ3) is 2.11. The van der Waals surface area contributed by atoms with Crippen LogP contribution in [-0.4, -0.2) is 35.9 Å². The van der Waals surface area contributed by atoms with Gasteiger partial charge in [0.15, 0.2) is 5.69 Å². The van der Waals surface area contributed by atoms with E-state index in [1.165, 1.54) is 0 Å². The zero-order valence-corrected chi connectivity index (χ0v) is 10.4. The van der Waals surface area contributed by atoms with Crippen LogP contribution in [0, 0.1) is 0 Å². The van der Waals surface area contributed by atoms with Crippen molar-refractivity contribution in [2.75, 3.05) is 0 Å². The zero-order chi connectivity index (χ0) is 13.1. The molecule has 0 spiro atoms. The molecule has 18 heavy (non-hydrogen) atoms. The van der Waals surface area contributed by atoms with E-state index >= 15 is 0 Å². The van der Waals surface area contributed by atoms with Crippen molar-refractivity contribution in [1.82, 2.24) is 24.8 Å². The molecule has 2 aromatic rings. The lowest BCUT2D eigenvalue weighted by atomic mass is 10.2. The quantitative estimate of drug-likeness (QED) is 0.859. The minimum atomic E-state index is -1.08. The van der Waals surface area contributed by atoms with Gasteiger partial charge in [-0.15, -0.1) is 5.10 Å². The smallest absolute Gasteiger partial charge is 0.358 e. The van der Waals surface area contributed by atoms with Gasteiger partial charge in [0.25, 0.3) is 0 Å². The highest BCUT2D eigenvalue weighted by Crippen LogP contribution is 2.21. The molecule has 2 heterocycles. The third-order valence-corrected chi connectivity index (χ3v) is 2.72. The van der Waals surface area contributed by atoms with Crippen molar-refractivity contribution in [1.29, 1.82) is 0 Å². The first-order valence-electron chi connectivity index (χ1n) is 5.80. The predicted molar refractivity (Wildman–Crippen MR) is 64.1 cm³/mol. The average Bonchev–Trinajstić information content (AvgIpc) is 2.91. The lowest BCUT2D eigenvalue weighted by molar-refractivity contribution is 0.0691. The molecule has 7 heteroatoms. The van der Waals surface area contributed by atoms with Gasteiger partial charge in [-0.25, -0.2) is 9.48 Å². The molecule has 0 aliphatic rings. The molecule has 1 N–H and O–H groups in total. The fourth-order valence-corrected chi connectivity index (χ4v) is 1.78. The number of aryl methyl sites for hydroxylation is 2. The first-order chi connectivity index (χ1) is 8.65. The molecule has 7 nitrogen and oxygen atoms in total. The van der Waals surface area contributed by atoms with Gasteiger partial charge in [-0.05, 0) is 12.5 Å². The van der Waals surface area contributed by atoms with Gasteiger partial charge in [-0.2, -0.15) is 5.10 Å². The summed E-state index contributed by atoms with van der Waals surface area (Å²) in [4.78, 5) is 11.2. The summed E-state index contributed by atoms with van der Waals surface area (Å²) in [5.74, 6) is -1.08. The highest BCUT2D eigenvalue weighted by Gasteiger charge is 2.22. The van der Waals surface area contributed by atoms with Crippen LogP contribution in [0.1, 0.15) is 30.3 Å². The van der Waals surface area contributed by atoms with E-state index in [9.17, 15) is 4.79 Å². The number of hydrogen-bond acceptors (Lipinski definition) is 4. The minimum Gasteiger partial charge on any atom is -0.476 e. The van der Waals surface area contributed by atoms with E-state index in [0.29, 0.717) is 17.9 Å². The summed E-state index contributed by atoms with van der Waals surface area (Å²) >= 11 is 0.